The molecule has 30 heavy (non-hydrogen) atoms. The largest absolute Gasteiger partial charge is 0.462 e. The van der Waals surface area contributed by atoms with Crippen LogP contribution in [0.25, 0.3) is 0 Å². The Hall–Kier alpha value is -3.72. The molecule has 0 fully saturated rings. The van der Waals surface area contributed by atoms with Crippen molar-refractivity contribution in [2.75, 3.05) is 16.8 Å². The van der Waals surface area contributed by atoms with Crippen LogP contribution < -0.4 is 10.2 Å². The van der Waals surface area contributed by atoms with Crippen molar-refractivity contribution < 1.29 is 24.0 Å². The third-order valence-corrected chi connectivity index (χ3v) is 4.50. The first kappa shape index (κ1) is 21.0. The van der Waals surface area contributed by atoms with E-state index < -0.39 is 22.7 Å². The highest BCUT2D eigenvalue weighted by Crippen LogP contribution is 2.31. The highest BCUT2D eigenvalue weighted by Gasteiger charge is 2.39. The monoisotopic (exact) mass is 429 g/mol. The van der Waals surface area contributed by atoms with E-state index >= 15 is 0 Å². The maximum absolute atomic E-state index is 12.8. The van der Waals surface area contributed by atoms with Crippen molar-refractivity contribution in [1.29, 1.82) is 0 Å². The minimum Gasteiger partial charge on any atom is -0.462 e. The number of amides is 2. The molecule has 0 aromatic heterocycles. The van der Waals surface area contributed by atoms with Crippen LogP contribution in [0.3, 0.4) is 0 Å². The number of rotatable bonds is 7. The van der Waals surface area contributed by atoms with E-state index in [1.165, 1.54) is 42.5 Å². The van der Waals surface area contributed by atoms with Crippen LogP contribution in [0.1, 0.15) is 23.7 Å². The van der Waals surface area contributed by atoms with Crippen molar-refractivity contribution in [3.8, 4) is 0 Å². The van der Waals surface area contributed by atoms with Crippen molar-refractivity contribution in [3.05, 3.63) is 74.9 Å². The maximum atomic E-state index is 12.8. The van der Waals surface area contributed by atoms with Gasteiger partial charge in [0.05, 0.1) is 22.8 Å². The molecule has 1 N–H and O–H groups in total. The van der Waals surface area contributed by atoms with Gasteiger partial charge in [0.15, 0.2) is 0 Å². The fourth-order valence-corrected chi connectivity index (χ4v) is 2.92. The molecule has 1 aliphatic rings. The molecule has 154 valence electrons. The van der Waals surface area contributed by atoms with Crippen LogP contribution in [0.5, 0.6) is 0 Å². The van der Waals surface area contributed by atoms with E-state index in [2.05, 4.69) is 5.32 Å². The number of nitrogens with zero attached hydrogens (tertiary/aromatic N) is 2. The Kier molecular flexibility index (Phi) is 6.12. The van der Waals surface area contributed by atoms with Gasteiger partial charge in [-0.25, -0.2) is 9.69 Å². The number of hydrogen-bond donors (Lipinski definition) is 1. The fourth-order valence-electron chi connectivity index (χ4n) is 2.70. The number of non-ortho nitro benzene ring substituents is 1. The van der Waals surface area contributed by atoms with Crippen molar-refractivity contribution in [2.45, 2.75) is 13.3 Å². The number of anilines is 2. The van der Waals surface area contributed by atoms with Crippen LogP contribution in [0, 0.1) is 10.1 Å². The van der Waals surface area contributed by atoms with E-state index in [9.17, 15) is 24.5 Å². The number of carbonyl (C=O) groups is 3. The van der Waals surface area contributed by atoms with Gasteiger partial charge in [0.1, 0.15) is 10.7 Å². The van der Waals surface area contributed by atoms with Gasteiger partial charge in [0, 0.05) is 17.8 Å². The second-order valence-electron chi connectivity index (χ2n) is 6.25. The summed E-state index contributed by atoms with van der Waals surface area (Å²) in [7, 11) is 0. The van der Waals surface area contributed by atoms with E-state index in [0.29, 0.717) is 24.3 Å². The molecule has 1 heterocycles. The molecular weight excluding hydrogens is 414 g/mol. The lowest BCUT2D eigenvalue weighted by Crippen LogP contribution is -2.32. The summed E-state index contributed by atoms with van der Waals surface area (Å²) in [6.45, 7) is 2.19. The molecule has 2 aromatic carbocycles. The Bertz CT molecular complexity index is 1060. The van der Waals surface area contributed by atoms with Gasteiger partial charge in [-0.2, -0.15) is 0 Å². The zero-order chi connectivity index (χ0) is 21.8. The van der Waals surface area contributed by atoms with Crippen LogP contribution in [-0.4, -0.2) is 29.3 Å². The highest BCUT2D eigenvalue weighted by atomic mass is 35.5. The van der Waals surface area contributed by atoms with Gasteiger partial charge in [0.2, 0.25) is 0 Å². The third-order valence-electron chi connectivity index (χ3n) is 4.15. The average molecular weight is 430 g/mol. The Morgan fingerprint density at radius 3 is 2.50 bits per heavy atom. The molecule has 0 saturated carbocycles. The fraction of sp³-hybridized carbons (Fsp3) is 0.150. The molecule has 3 rings (SSSR count). The number of halogens is 1. The Labute approximate surface area is 176 Å². The van der Waals surface area contributed by atoms with Crippen LogP contribution in [0.4, 0.5) is 17.1 Å². The van der Waals surface area contributed by atoms with E-state index in [-0.39, 0.29) is 22.1 Å². The van der Waals surface area contributed by atoms with E-state index in [1.54, 1.807) is 0 Å². The molecule has 2 aromatic rings. The standard InChI is InChI=1S/C20H16ClN3O6/c1-2-10-30-20(27)12-6-8-13(9-7-12)22-17-16(21)18(25)23(19(17)26)14-4-3-5-15(11-14)24(28)29/h3-9,11,22H,2,10H2,1H3. The molecule has 0 bridgehead atoms. The first-order valence-electron chi connectivity index (χ1n) is 8.90. The summed E-state index contributed by atoms with van der Waals surface area (Å²) in [5, 5.41) is 13.4. The summed E-state index contributed by atoms with van der Waals surface area (Å²) in [5.74, 6) is -2.02. The molecule has 9 nitrogen and oxygen atoms in total. The number of hydrogen-bond acceptors (Lipinski definition) is 7. The van der Waals surface area contributed by atoms with Gasteiger partial charge in [-0.05, 0) is 36.8 Å². The first-order chi connectivity index (χ1) is 14.3. The van der Waals surface area contributed by atoms with Crippen molar-refractivity contribution >= 4 is 46.4 Å². The molecule has 10 heteroatoms. The Morgan fingerprint density at radius 1 is 1.17 bits per heavy atom. The first-order valence-corrected chi connectivity index (χ1v) is 9.28. The number of nitro groups is 1. The topological polar surface area (TPSA) is 119 Å². The molecule has 0 radical (unpaired) electrons. The molecule has 0 unspecified atom stereocenters. The zero-order valence-electron chi connectivity index (χ0n) is 15.8. The Balaban J connectivity index is 1.79. The smallest absolute Gasteiger partial charge is 0.338 e. The molecular formula is C20H16ClN3O6. The summed E-state index contributed by atoms with van der Waals surface area (Å²) < 4.78 is 5.05. The molecule has 1 aliphatic heterocycles. The van der Waals surface area contributed by atoms with Gasteiger partial charge >= 0.3 is 5.97 Å². The van der Waals surface area contributed by atoms with Crippen LogP contribution in [0.2, 0.25) is 0 Å². The summed E-state index contributed by atoms with van der Waals surface area (Å²) in [4.78, 5) is 48.2. The van der Waals surface area contributed by atoms with Gasteiger partial charge in [-0.1, -0.05) is 24.6 Å². The lowest BCUT2D eigenvalue weighted by Gasteiger charge is -2.15. The summed E-state index contributed by atoms with van der Waals surface area (Å²) in [6.07, 6.45) is 0.704. The van der Waals surface area contributed by atoms with Gasteiger partial charge in [-0.3, -0.25) is 19.7 Å². The third kappa shape index (κ3) is 4.15. The van der Waals surface area contributed by atoms with Gasteiger partial charge in [-0.15, -0.1) is 0 Å². The number of nitro benzene ring substituents is 1. The van der Waals surface area contributed by atoms with Crippen LogP contribution in [0.15, 0.2) is 59.3 Å². The van der Waals surface area contributed by atoms with Crippen LogP contribution in [-0.2, 0) is 14.3 Å². The van der Waals surface area contributed by atoms with Crippen molar-refractivity contribution in [1.82, 2.24) is 0 Å². The second-order valence-corrected chi connectivity index (χ2v) is 6.63. The minimum absolute atomic E-state index is 0.0307. The number of imide groups is 1. The number of carbonyl (C=O) groups excluding carboxylic acids is 3. The summed E-state index contributed by atoms with van der Waals surface area (Å²) >= 11 is 6.06. The van der Waals surface area contributed by atoms with Crippen LogP contribution >= 0.6 is 11.6 Å². The Morgan fingerprint density at radius 2 is 1.87 bits per heavy atom. The van der Waals surface area contributed by atoms with Crippen molar-refractivity contribution in [2.24, 2.45) is 0 Å². The lowest BCUT2D eigenvalue weighted by atomic mass is 10.2. The van der Waals surface area contributed by atoms with Crippen molar-refractivity contribution in [3.63, 3.8) is 0 Å². The number of benzene rings is 2. The number of ether oxygens (including phenoxy) is 1. The van der Waals surface area contributed by atoms with Gasteiger partial charge < -0.3 is 10.1 Å². The number of nitrogens with one attached hydrogen (secondary N) is 1. The maximum Gasteiger partial charge on any atom is 0.338 e. The summed E-state index contributed by atoms with van der Waals surface area (Å²) in [6, 6.07) is 11.2. The minimum atomic E-state index is -0.801. The summed E-state index contributed by atoms with van der Waals surface area (Å²) in [5.41, 5.74) is 0.340. The van der Waals surface area contributed by atoms with E-state index in [1.807, 2.05) is 6.92 Å². The van der Waals surface area contributed by atoms with E-state index in [4.69, 9.17) is 16.3 Å². The quantitative estimate of drug-likeness (QED) is 0.309. The molecule has 0 atom stereocenters. The van der Waals surface area contributed by atoms with Gasteiger partial charge in [0.25, 0.3) is 17.5 Å². The SMILES string of the molecule is CCCOC(=O)c1ccc(NC2=C(Cl)C(=O)N(c3cccc([N+](=O)[O-])c3)C2=O)cc1. The predicted octanol–water partition coefficient (Wildman–Crippen LogP) is 3.60. The number of esters is 1. The predicted molar refractivity (Wildman–Crippen MR) is 109 cm³/mol. The lowest BCUT2D eigenvalue weighted by molar-refractivity contribution is -0.384. The highest BCUT2D eigenvalue weighted by molar-refractivity contribution is 6.53. The normalized spacial score (nSPS) is 13.6. The second kappa shape index (κ2) is 8.75. The van der Waals surface area contributed by atoms with E-state index in [0.717, 1.165) is 11.0 Å². The average Bonchev–Trinajstić information content (AvgIpc) is 2.95. The zero-order valence-corrected chi connectivity index (χ0v) is 16.5. The molecule has 2 amide bonds. The molecule has 0 spiro atoms. The molecule has 0 aliphatic carbocycles. The molecule has 0 saturated heterocycles.